The number of carbonyl (C=O) groups is 1. The second-order valence-electron chi connectivity index (χ2n) is 13.6. The third kappa shape index (κ3) is 8.80. The maximum absolute atomic E-state index is 13.8. The van der Waals surface area contributed by atoms with E-state index in [4.69, 9.17) is 28.9 Å². The summed E-state index contributed by atoms with van der Waals surface area (Å²) < 4.78 is 24.9. The number of fused-ring (bicyclic) bond motifs is 2. The largest absolute Gasteiger partial charge is 0.508 e. The highest BCUT2D eigenvalue weighted by atomic mass is 16.7. The van der Waals surface area contributed by atoms with Crippen molar-refractivity contribution in [1.82, 2.24) is 4.90 Å². The van der Waals surface area contributed by atoms with Crippen molar-refractivity contribution in [1.29, 1.82) is 0 Å². The minimum absolute atomic E-state index is 0.0276. The molecule has 1 heterocycles. The van der Waals surface area contributed by atoms with Crippen molar-refractivity contribution < 1.29 is 49.0 Å². The van der Waals surface area contributed by atoms with Gasteiger partial charge < -0.3 is 44.2 Å². The number of allylic oxidation sites excluding steroid dienone is 1. The summed E-state index contributed by atoms with van der Waals surface area (Å²) in [5, 5.41) is 44.5. The number of hydrogen-bond donors (Lipinski definition) is 4. The Labute approximate surface area is 306 Å². The van der Waals surface area contributed by atoms with Crippen LogP contribution in [0.5, 0.6) is 11.5 Å². The normalized spacial score (nSPS) is 25.3. The third-order valence-electron chi connectivity index (χ3n) is 10.4. The lowest BCUT2D eigenvalue weighted by Gasteiger charge is -2.59. The Morgan fingerprint density at radius 1 is 1.04 bits per heavy atom. The van der Waals surface area contributed by atoms with E-state index in [0.29, 0.717) is 24.3 Å². The van der Waals surface area contributed by atoms with E-state index < -0.39 is 23.8 Å². The Bertz CT molecular complexity index is 1520. The molecule has 1 fully saturated rings. The van der Waals surface area contributed by atoms with Gasteiger partial charge in [-0.05, 0) is 66.9 Å². The lowest BCUT2D eigenvalue weighted by atomic mass is 9.55. The summed E-state index contributed by atoms with van der Waals surface area (Å²) in [5.74, 6) is -1.50. The number of aromatic hydroxyl groups is 1. The summed E-state index contributed by atoms with van der Waals surface area (Å²) in [6, 6.07) is 14.1. The number of hydrogen-bond acceptors (Lipinski definition) is 11. The fraction of sp³-hybridized carbons (Fsp3) is 0.550. The summed E-state index contributed by atoms with van der Waals surface area (Å²) in [6.45, 7) is 4.64. The fourth-order valence-corrected chi connectivity index (χ4v) is 8.24. The summed E-state index contributed by atoms with van der Waals surface area (Å²) in [5.41, 5.74) is 3.32. The summed E-state index contributed by atoms with van der Waals surface area (Å²) in [7, 11) is 1.32. The molecule has 12 nitrogen and oxygen atoms in total. The van der Waals surface area contributed by atoms with Crippen LogP contribution < -0.4 is 4.74 Å². The highest BCUT2D eigenvalue weighted by Crippen LogP contribution is 2.61. The Kier molecular flexibility index (Phi) is 14.5. The van der Waals surface area contributed by atoms with E-state index in [1.165, 1.54) is 7.11 Å². The van der Waals surface area contributed by atoms with Gasteiger partial charge in [0.25, 0.3) is 0 Å². The van der Waals surface area contributed by atoms with Gasteiger partial charge in [-0.25, -0.2) is 4.79 Å². The quantitative estimate of drug-likeness (QED) is 0.0803. The number of methoxy groups -OCH3 is 1. The average Bonchev–Trinajstić information content (AvgIpc) is 3.16. The first-order valence-corrected chi connectivity index (χ1v) is 18.4. The predicted octanol–water partition coefficient (Wildman–Crippen LogP) is 5.30. The highest BCUT2D eigenvalue weighted by Gasteiger charge is 2.65. The summed E-state index contributed by atoms with van der Waals surface area (Å²) in [4.78, 5) is 21.4. The number of phenols is 1. The molecular weight excluding hydrogens is 668 g/mol. The first-order valence-electron chi connectivity index (χ1n) is 18.4. The van der Waals surface area contributed by atoms with Crippen LogP contribution in [0.1, 0.15) is 62.0 Å². The van der Waals surface area contributed by atoms with Crippen LogP contribution in [0.3, 0.4) is 0 Å². The highest BCUT2D eigenvalue weighted by molar-refractivity contribution is 6.02. The minimum atomic E-state index is -1.45. The molecule has 2 aromatic rings. The maximum Gasteiger partial charge on any atom is 0.410 e. The van der Waals surface area contributed by atoms with E-state index in [1.807, 2.05) is 30.3 Å². The standard InChI is InChI=1S/C40H54N2O10/c1-3-21-50-40-36(42(39(47)48-2)17-22-49-23-20-45)26-34(41-51-27-28-11-5-4-6-12-28)32-24-29(13-7-9-18-43)31(14-8-10-19-44)37(38(32)40)33-25-30(46)15-16-35(33)52-40/h3-6,11-12,15-16,24-25,29,31,36-38,43-46H,1,7-10,13-14,17-23,26-27H2,2H3. The van der Waals surface area contributed by atoms with Crippen LogP contribution in [0.15, 0.2) is 78.0 Å². The lowest BCUT2D eigenvalue weighted by Crippen LogP contribution is -2.70. The number of aliphatic hydroxyl groups excluding tert-OH is 3. The Balaban J connectivity index is 1.73. The average molecular weight is 723 g/mol. The number of oxime groups is 1. The van der Waals surface area contributed by atoms with E-state index >= 15 is 0 Å². The van der Waals surface area contributed by atoms with E-state index in [2.05, 4.69) is 12.7 Å². The second-order valence-corrected chi connectivity index (χ2v) is 13.6. The Hall–Kier alpha value is -3.94. The fourth-order valence-electron chi connectivity index (χ4n) is 8.24. The Morgan fingerprint density at radius 2 is 1.81 bits per heavy atom. The van der Waals surface area contributed by atoms with Gasteiger partial charge in [-0.15, -0.1) is 6.58 Å². The van der Waals surface area contributed by atoms with Gasteiger partial charge in [0.05, 0.1) is 45.2 Å². The second kappa shape index (κ2) is 19.2. The van der Waals surface area contributed by atoms with Crippen molar-refractivity contribution in [3.63, 3.8) is 0 Å². The van der Waals surface area contributed by atoms with Gasteiger partial charge in [-0.3, -0.25) is 4.90 Å². The third-order valence-corrected chi connectivity index (χ3v) is 10.4. The number of aliphatic hydroxyl groups is 3. The van der Waals surface area contributed by atoms with Gasteiger partial charge >= 0.3 is 6.09 Å². The molecule has 4 N–H and O–H groups in total. The zero-order valence-corrected chi connectivity index (χ0v) is 30.1. The minimum Gasteiger partial charge on any atom is -0.508 e. The van der Waals surface area contributed by atoms with E-state index in [0.717, 1.165) is 42.4 Å². The molecule has 6 atom stereocenters. The molecule has 5 rings (SSSR count). The van der Waals surface area contributed by atoms with Gasteiger partial charge in [0.2, 0.25) is 5.79 Å². The molecule has 52 heavy (non-hydrogen) atoms. The molecule has 2 aromatic carbocycles. The number of carbonyl (C=O) groups excluding carboxylic acids is 1. The smallest absolute Gasteiger partial charge is 0.410 e. The number of nitrogens with zero attached hydrogens (tertiary/aromatic N) is 2. The van der Waals surface area contributed by atoms with E-state index in [-0.39, 0.29) is 82.7 Å². The number of phenolic OH excluding ortho intramolecular Hbond substituents is 1. The zero-order valence-electron chi connectivity index (χ0n) is 30.1. The van der Waals surface area contributed by atoms with Crippen molar-refractivity contribution in [3.8, 4) is 11.5 Å². The topological polar surface area (TPSA) is 160 Å². The van der Waals surface area contributed by atoms with Crippen LogP contribution in [0.2, 0.25) is 0 Å². The van der Waals surface area contributed by atoms with Gasteiger partial charge in [-0.1, -0.05) is 60.5 Å². The first-order chi connectivity index (χ1) is 25.4. The molecule has 3 aliphatic rings. The van der Waals surface area contributed by atoms with Crippen molar-refractivity contribution in [3.05, 3.63) is 84.0 Å². The van der Waals surface area contributed by atoms with Crippen molar-refractivity contribution in [2.75, 3.05) is 53.3 Å². The molecule has 0 bridgehead atoms. The maximum atomic E-state index is 13.8. The molecule has 2 aliphatic carbocycles. The number of unbranched alkanes of at least 4 members (excludes halogenated alkanes) is 2. The molecular formula is C40H54N2O10. The van der Waals surface area contributed by atoms with Crippen LogP contribution in [-0.4, -0.2) is 102 Å². The van der Waals surface area contributed by atoms with Crippen molar-refractivity contribution in [2.24, 2.45) is 22.9 Å². The molecule has 1 amide bonds. The Morgan fingerprint density at radius 3 is 2.52 bits per heavy atom. The molecule has 0 spiro atoms. The number of rotatable bonds is 20. The van der Waals surface area contributed by atoms with E-state index in [9.17, 15) is 25.2 Å². The number of amides is 1. The molecule has 1 saturated carbocycles. The molecule has 0 saturated heterocycles. The van der Waals surface area contributed by atoms with Gasteiger partial charge in [0.15, 0.2) is 0 Å². The zero-order chi connectivity index (χ0) is 36.9. The lowest BCUT2D eigenvalue weighted by molar-refractivity contribution is -0.256. The SMILES string of the molecule is C=CCOC12Oc3ccc(O)cc3C3C(CCCCO)C(CCCCO)C=C(C(=NOCc4ccccc4)CC1N(CCOCCO)C(=O)OC)C32. The molecule has 0 aromatic heterocycles. The van der Waals surface area contributed by atoms with Crippen molar-refractivity contribution >= 4 is 11.8 Å². The predicted molar refractivity (Wildman–Crippen MR) is 195 cm³/mol. The summed E-state index contributed by atoms with van der Waals surface area (Å²) in [6.07, 6.45) is 7.99. The van der Waals surface area contributed by atoms with Crippen LogP contribution in [-0.2, 0) is 25.7 Å². The van der Waals surface area contributed by atoms with Gasteiger partial charge in [-0.2, -0.15) is 0 Å². The van der Waals surface area contributed by atoms with E-state index in [1.54, 1.807) is 29.2 Å². The van der Waals surface area contributed by atoms with Gasteiger partial charge in [0.1, 0.15) is 24.1 Å². The number of benzene rings is 2. The van der Waals surface area contributed by atoms with Gasteiger partial charge in [0, 0.05) is 37.7 Å². The van der Waals surface area contributed by atoms with Crippen LogP contribution in [0, 0.1) is 17.8 Å². The molecule has 12 heteroatoms. The molecule has 284 valence electrons. The number of ether oxygens (including phenoxy) is 4. The van der Waals surface area contributed by atoms with Crippen LogP contribution in [0.25, 0.3) is 0 Å². The van der Waals surface area contributed by atoms with Crippen molar-refractivity contribution in [2.45, 2.75) is 69.3 Å². The molecule has 6 unspecified atom stereocenters. The first kappa shape index (κ1) is 39.3. The molecule has 0 radical (unpaired) electrons. The molecule has 1 aliphatic heterocycles. The monoisotopic (exact) mass is 722 g/mol. The summed E-state index contributed by atoms with van der Waals surface area (Å²) >= 11 is 0. The van der Waals surface area contributed by atoms with Crippen LogP contribution >= 0.6 is 0 Å². The van der Waals surface area contributed by atoms with Crippen LogP contribution in [0.4, 0.5) is 4.79 Å².